The van der Waals surface area contributed by atoms with E-state index in [-0.39, 0.29) is 11.5 Å². The van der Waals surface area contributed by atoms with Gasteiger partial charge < -0.3 is 5.73 Å². The number of hydrogen-bond acceptors (Lipinski definition) is 1. The van der Waals surface area contributed by atoms with E-state index in [9.17, 15) is 0 Å². The Kier molecular flexibility index (Phi) is 3.92. The van der Waals surface area contributed by atoms with Gasteiger partial charge in [0.25, 0.3) is 0 Å². The molecule has 15 heavy (non-hydrogen) atoms. The highest BCUT2D eigenvalue weighted by Crippen LogP contribution is 2.30. The maximum atomic E-state index is 6.24. The van der Waals surface area contributed by atoms with Crippen molar-refractivity contribution in [1.82, 2.24) is 0 Å². The van der Waals surface area contributed by atoms with Crippen molar-refractivity contribution in [3.8, 4) is 0 Å². The molecule has 0 amide bonds. The molecule has 0 aliphatic carbocycles. The van der Waals surface area contributed by atoms with Crippen LogP contribution in [0, 0.1) is 5.41 Å². The molecule has 0 aliphatic heterocycles. The van der Waals surface area contributed by atoms with E-state index in [1.165, 1.54) is 17.5 Å². The third-order valence-corrected chi connectivity index (χ3v) is 2.78. The zero-order valence-electron chi connectivity index (χ0n) is 10.4. The van der Waals surface area contributed by atoms with E-state index in [0.29, 0.717) is 0 Å². The fourth-order valence-corrected chi connectivity index (χ4v) is 1.73. The van der Waals surface area contributed by atoms with Gasteiger partial charge in [-0.3, -0.25) is 0 Å². The van der Waals surface area contributed by atoms with Gasteiger partial charge in [0.1, 0.15) is 0 Å². The van der Waals surface area contributed by atoms with Gasteiger partial charge in [-0.1, -0.05) is 58.4 Å². The van der Waals surface area contributed by atoms with Gasteiger partial charge in [0, 0.05) is 6.04 Å². The number of benzene rings is 1. The number of nitrogens with two attached hydrogens (primary N) is 1. The van der Waals surface area contributed by atoms with Crippen LogP contribution in [0.5, 0.6) is 0 Å². The highest BCUT2D eigenvalue weighted by molar-refractivity contribution is 5.27. The van der Waals surface area contributed by atoms with E-state index >= 15 is 0 Å². The lowest BCUT2D eigenvalue weighted by atomic mass is 9.82. The molecule has 1 atom stereocenters. The minimum absolute atomic E-state index is 0.120. The van der Waals surface area contributed by atoms with Crippen LogP contribution in [0.15, 0.2) is 24.3 Å². The Hall–Kier alpha value is -0.820. The summed E-state index contributed by atoms with van der Waals surface area (Å²) in [5.41, 5.74) is 9.02. The van der Waals surface area contributed by atoms with Gasteiger partial charge in [0.05, 0.1) is 0 Å². The van der Waals surface area contributed by atoms with Crippen molar-refractivity contribution >= 4 is 0 Å². The largest absolute Gasteiger partial charge is 0.324 e. The summed E-state index contributed by atoms with van der Waals surface area (Å²) in [5.74, 6) is 0. The summed E-state index contributed by atoms with van der Waals surface area (Å²) in [5, 5.41) is 0. The molecule has 0 aromatic heterocycles. The SMILES string of the molecule is CCCc1cccc(C(N)C(C)(C)C)c1. The maximum absolute atomic E-state index is 6.24. The first-order valence-electron chi connectivity index (χ1n) is 5.79. The van der Waals surface area contributed by atoms with Crippen LogP contribution in [0.1, 0.15) is 51.3 Å². The average molecular weight is 205 g/mol. The summed E-state index contributed by atoms with van der Waals surface area (Å²) in [6.45, 7) is 8.76. The van der Waals surface area contributed by atoms with E-state index in [0.717, 1.165) is 6.42 Å². The summed E-state index contributed by atoms with van der Waals surface area (Å²) >= 11 is 0. The molecule has 1 heteroatoms. The Morgan fingerprint density at radius 1 is 1.27 bits per heavy atom. The Labute approximate surface area is 93.7 Å². The predicted octanol–water partition coefficient (Wildman–Crippen LogP) is 3.69. The number of hydrogen-bond donors (Lipinski definition) is 1. The molecule has 1 aromatic rings. The average Bonchev–Trinajstić information content (AvgIpc) is 2.16. The minimum atomic E-state index is 0.120. The molecule has 1 rings (SSSR count). The highest BCUT2D eigenvalue weighted by atomic mass is 14.7. The Morgan fingerprint density at radius 3 is 2.47 bits per heavy atom. The van der Waals surface area contributed by atoms with Gasteiger partial charge in [-0.05, 0) is 23.0 Å². The van der Waals surface area contributed by atoms with E-state index < -0.39 is 0 Å². The minimum Gasteiger partial charge on any atom is -0.324 e. The smallest absolute Gasteiger partial charge is 0.0344 e. The lowest BCUT2D eigenvalue weighted by molar-refractivity contribution is 0.327. The van der Waals surface area contributed by atoms with Crippen molar-refractivity contribution in [2.24, 2.45) is 11.1 Å². The van der Waals surface area contributed by atoms with Gasteiger partial charge in [0.2, 0.25) is 0 Å². The van der Waals surface area contributed by atoms with Crippen LogP contribution in [-0.4, -0.2) is 0 Å². The van der Waals surface area contributed by atoms with Crippen LogP contribution in [0.4, 0.5) is 0 Å². The number of aryl methyl sites for hydroxylation is 1. The van der Waals surface area contributed by atoms with Gasteiger partial charge in [-0.2, -0.15) is 0 Å². The summed E-state index contributed by atoms with van der Waals surface area (Å²) in [6, 6.07) is 8.80. The van der Waals surface area contributed by atoms with Gasteiger partial charge in [-0.25, -0.2) is 0 Å². The molecule has 0 fully saturated rings. The maximum Gasteiger partial charge on any atom is 0.0344 e. The molecule has 0 aliphatic rings. The second kappa shape index (κ2) is 4.80. The number of rotatable bonds is 3. The summed E-state index contributed by atoms with van der Waals surface area (Å²) < 4.78 is 0. The Morgan fingerprint density at radius 2 is 1.93 bits per heavy atom. The third-order valence-electron chi connectivity index (χ3n) is 2.78. The van der Waals surface area contributed by atoms with Crippen LogP contribution in [0.25, 0.3) is 0 Å². The first-order chi connectivity index (χ1) is 6.95. The van der Waals surface area contributed by atoms with Crippen LogP contribution < -0.4 is 5.73 Å². The van der Waals surface area contributed by atoms with E-state index in [4.69, 9.17) is 5.73 Å². The van der Waals surface area contributed by atoms with Crippen molar-refractivity contribution in [2.45, 2.75) is 46.6 Å². The summed E-state index contributed by atoms with van der Waals surface area (Å²) in [6.07, 6.45) is 2.33. The molecule has 0 saturated carbocycles. The molecule has 84 valence electrons. The first kappa shape index (κ1) is 12.3. The zero-order chi connectivity index (χ0) is 11.5. The zero-order valence-corrected chi connectivity index (χ0v) is 10.4. The molecule has 1 unspecified atom stereocenters. The molecular weight excluding hydrogens is 182 g/mol. The second-order valence-corrected chi connectivity index (χ2v) is 5.34. The quantitative estimate of drug-likeness (QED) is 0.800. The van der Waals surface area contributed by atoms with E-state index in [1.54, 1.807) is 0 Å². The molecule has 0 spiro atoms. The fourth-order valence-electron chi connectivity index (χ4n) is 1.73. The Bertz CT molecular complexity index is 309. The van der Waals surface area contributed by atoms with Gasteiger partial charge >= 0.3 is 0 Å². The van der Waals surface area contributed by atoms with Crippen LogP contribution in [0.2, 0.25) is 0 Å². The molecule has 0 heterocycles. The molecule has 1 aromatic carbocycles. The second-order valence-electron chi connectivity index (χ2n) is 5.34. The van der Waals surface area contributed by atoms with E-state index in [2.05, 4.69) is 52.0 Å². The summed E-state index contributed by atoms with van der Waals surface area (Å²) in [4.78, 5) is 0. The van der Waals surface area contributed by atoms with Crippen LogP contribution in [-0.2, 0) is 6.42 Å². The van der Waals surface area contributed by atoms with Crippen molar-refractivity contribution < 1.29 is 0 Å². The Balaban J connectivity index is 2.90. The topological polar surface area (TPSA) is 26.0 Å². The summed E-state index contributed by atoms with van der Waals surface area (Å²) in [7, 11) is 0. The lowest BCUT2D eigenvalue weighted by Gasteiger charge is -2.27. The van der Waals surface area contributed by atoms with Crippen molar-refractivity contribution in [2.75, 3.05) is 0 Å². The molecule has 0 radical (unpaired) electrons. The monoisotopic (exact) mass is 205 g/mol. The lowest BCUT2D eigenvalue weighted by Crippen LogP contribution is -2.26. The third kappa shape index (κ3) is 3.35. The normalized spacial score (nSPS) is 13.9. The van der Waals surface area contributed by atoms with Gasteiger partial charge in [-0.15, -0.1) is 0 Å². The van der Waals surface area contributed by atoms with E-state index in [1.807, 2.05) is 0 Å². The molecule has 0 saturated heterocycles. The standard InChI is InChI=1S/C14H23N/c1-5-7-11-8-6-9-12(10-11)13(15)14(2,3)4/h6,8-10,13H,5,7,15H2,1-4H3. The molecule has 1 nitrogen and oxygen atoms in total. The molecule has 2 N–H and O–H groups in total. The molecule has 0 bridgehead atoms. The van der Waals surface area contributed by atoms with Crippen molar-refractivity contribution in [3.05, 3.63) is 35.4 Å². The predicted molar refractivity (Wildman–Crippen MR) is 66.8 cm³/mol. The van der Waals surface area contributed by atoms with Crippen LogP contribution >= 0.6 is 0 Å². The van der Waals surface area contributed by atoms with Crippen LogP contribution in [0.3, 0.4) is 0 Å². The first-order valence-corrected chi connectivity index (χ1v) is 5.79. The van der Waals surface area contributed by atoms with Crippen molar-refractivity contribution in [3.63, 3.8) is 0 Å². The van der Waals surface area contributed by atoms with Gasteiger partial charge in [0.15, 0.2) is 0 Å². The fraction of sp³-hybridized carbons (Fsp3) is 0.571. The molecular formula is C14H23N. The highest BCUT2D eigenvalue weighted by Gasteiger charge is 2.22. The van der Waals surface area contributed by atoms with Crippen molar-refractivity contribution in [1.29, 1.82) is 0 Å².